The van der Waals surface area contributed by atoms with Crippen molar-refractivity contribution in [1.82, 2.24) is 10.2 Å². The zero-order valence-corrected chi connectivity index (χ0v) is 12.3. The SMILES string of the molecule is CCOc1ccc(OCNC(=O)N(CCN)C(C)=O)cc1. The van der Waals surface area contributed by atoms with Crippen molar-refractivity contribution in [3.63, 3.8) is 0 Å². The fourth-order valence-electron chi connectivity index (χ4n) is 1.61. The molecule has 0 saturated heterocycles. The van der Waals surface area contributed by atoms with Gasteiger partial charge in [-0.25, -0.2) is 4.79 Å². The number of nitrogens with one attached hydrogen (secondary N) is 1. The van der Waals surface area contributed by atoms with Crippen molar-refractivity contribution in [2.75, 3.05) is 26.4 Å². The molecule has 0 atom stereocenters. The van der Waals surface area contributed by atoms with Crippen LogP contribution in [0.1, 0.15) is 13.8 Å². The number of amides is 3. The van der Waals surface area contributed by atoms with Crippen LogP contribution >= 0.6 is 0 Å². The number of rotatable bonds is 7. The summed E-state index contributed by atoms with van der Waals surface area (Å²) < 4.78 is 10.7. The first-order valence-corrected chi connectivity index (χ1v) is 6.70. The Morgan fingerprint density at radius 2 is 1.76 bits per heavy atom. The fourth-order valence-corrected chi connectivity index (χ4v) is 1.61. The van der Waals surface area contributed by atoms with Crippen molar-refractivity contribution < 1.29 is 19.1 Å². The summed E-state index contributed by atoms with van der Waals surface area (Å²) in [6, 6.07) is 6.49. The van der Waals surface area contributed by atoms with Crippen molar-refractivity contribution in [3.8, 4) is 11.5 Å². The molecular weight excluding hydrogens is 274 g/mol. The smallest absolute Gasteiger partial charge is 0.326 e. The summed E-state index contributed by atoms with van der Waals surface area (Å²) in [4.78, 5) is 24.0. The normalized spacial score (nSPS) is 9.86. The van der Waals surface area contributed by atoms with Gasteiger partial charge in [-0.3, -0.25) is 9.69 Å². The molecule has 0 heterocycles. The van der Waals surface area contributed by atoms with Gasteiger partial charge in [-0.2, -0.15) is 0 Å². The van der Waals surface area contributed by atoms with E-state index in [1.165, 1.54) is 6.92 Å². The molecule has 21 heavy (non-hydrogen) atoms. The number of ether oxygens (including phenoxy) is 2. The highest BCUT2D eigenvalue weighted by atomic mass is 16.5. The third kappa shape index (κ3) is 5.70. The van der Waals surface area contributed by atoms with E-state index in [-0.39, 0.29) is 25.7 Å². The minimum Gasteiger partial charge on any atom is -0.494 e. The average Bonchev–Trinajstić information content (AvgIpc) is 2.46. The summed E-state index contributed by atoms with van der Waals surface area (Å²) in [6.07, 6.45) is 0. The van der Waals surface area contributed by atoms with Crippen molar-refractivity contribution in [2.24, 2.45) is 5.73 Å². The van der Waals surface area contributed by atoms with Crippen LogP contribution in [0.5, 0.6) is 11.5 Å². The standard InChI is InChI=1S/C14H21N3O4/c1-3-20-12-4-6-13(7-5-12)21-10-16-14(19)17(9-8-15)11(2)18/h4-7H,3,8-10,15H2,1-2H3,(H,16,19). The molecule has 1 aromatic carbocycles. The quantitative estimate of drug-likeness (QED) is 0.730. The van der Waals surface area contributed by atoms with Gasteiger partial charge in [-0.05, 0) is 31.2 Å². The maximum Gasteiger partial charge on any atom is 0.326 e. The lowest BCUT2D eigenvalue weighted by Crippen LogP contribution is -2.46. The lowest BCUT2D eigenvalue weighted by Gasteiger charge is -2.18. The van der Waals surface area contributed by atoms with E-state index in [1.807, 2.05) is 6.92 Å². The number of benzene rings is 1. The van der Waals surface area contributed by atoms with Gasteiger partial charge in [0.2, 0.25) is 5.91 Å². The number of nitrogens with two attached hydrogens (primary N) is 1. The average molecular weight is 295 g/mol. The Labute approximate surface area is 124 Å². The number of imide groups is 1. The Bertz CT molecular complexity index is 462. The third-order valence-corrected chi connectivity index (χ3v) is 2.57. The number of carbonyl (C=O) groups excluding carboxylic acids is 2. The highest BCUT2D eigenvalue weighted by molar-refractivity contribution is 5.93. The second kappa shape index (κ2) is 8.80. The Balaban J connectivity index is 2.41. The molecule has 116 valence electrons. The number of hydrogen-bond donors (Lipinski definition) is 2. The Hall–Kier alpha value is -2.28. The summed E-state index contributed by atoms with van der Waals surface area (Å²) in [5.41, 5.74) is 5.35. The molecule has 0 aliphatic rings. The third-order valence-electron chi connectivity index (χ3n) is 2.57. The predicted octanol–water partition coefficient (Wildman–Crippen LogP) is 0.938. The van der Waals surface area contributed by atoms with Crippen LogP contribution in [-0.2, 0) is 4.79 Å². The fraction of sp³-hybridized carbons (Fsp3) is 0.429. The molecule has 3 amide bonds. The molecule has 0 aromatic heterocycles. The van der Waals surface area contributed by atoms with Gasteiger partial charge in [0.05, 0.1) is 6.61 Å². The summed E-state index contributed by atoms with van der Waals surface area (Å²) in [6.45, 7) is 4.15. The molecule has 1 rings (SSSR count). The molecule has 0 unspecified atom stereocenters. The molecule has 0 spiro atoms. The first-order valence-electron chi connectivity index (χ1n) is 6.70. The van der Waals surface area contributed by atoms with Gasteiger partial charge in [0.1, 0.15) is 11.5 Å². The maximum atomic E-state index is 11.7. The van der Waals surface area contributed by atoms with Crippen LogP contribution in [0.25, 0.3) is 0 Å². The van der Waals surface area contributed by atoms with Crippen molar-refractivity contribution in [2.45, 2.75) is 13.8 Å². The Kier molecular flexibility index (Phi) is 7.03. The van der Waals surface area contributed by atoms with Crippen LogP contribution in [0.2, 0.25) is 0 Å². The summed E-state index contributed by atoms with van der Waals surface area (Å²) in [5.74, 6) is 0.977. The van der Waals surface area contributed by atoms with Gasteiger partial charge in [-0.15, -0.1) is 0 Å². The molecule has 1 aromatic rings. The second-order valence-corrected chi connectivity index (χ2v) is 4.13. The Morgan fingerprint density at radius 3 is 2.24 bits per heavy atom. The van der Waals surface area contributed by atoms with Crippen LogP contribution in [0.3, 0.4) is 0 Å². The van der Waals surface area contributed by atoms with Gasteiger partial charge in [0.15, 0.2) is 6.73 Å². The largest absolute Gasteiger partial charge is 0.494 e. The monoisotopic (exact) mass is 295 g/mol. The van der Waals surface area contributed by atoms with E-state index >= 15 is 0 Å². The Morgan fingerprint density at radius 1 is 1.19 bits per heavy atom. The molecular formula is C14H21N3O4. The van der Waals surface area contributed by atoms with Crippen molar-refractivity contribution in [3.05, 3.63) is 24.3 Å². The van der Waals surface area contributed by atoms with Crippen molar-refractivity contribution in [1.29, 1.82) is 0 Å². The van der Waals surface area contributed by atoms with E-state index in [9.17, 15) is 9.59 Å². The summed E-state index contributed by atoms with van der Waals surface area (Å²) in [5, 5.41) is 2.49. The molecule has 7 nitrogen and oxygen atoms in total. The molecule has 0 aliphatic carbocycles. The number of nitrogens with zero attached hydrogens (tertiary/aromatic N) is 1. The molecule has 0 bridgehead atoms. The molecule has 0 aliphatic heterocycles. The van der Waals surface area contributed by atoms with Crippen LogP contribution in [0.4, 0.5) is 4.79 Å². The summed E-state index contributed by atoms with van der Waals surface area (Å²) >= 11 is 0. The lowest BCUT2D eigenvalue weighted by molar-refractivity contribution is -0.125. The first-order chi connectivity index (χ1) is 10.1. The van der Waals surface area contributed by atoms with E-state index in [0.717, 1.165) is 10.6 Å². The summed E-state index contributed by atoms with van der Waals surface area (Å²) in [7, 11) is 0. The van der Waals surface area contributed by atoms with Gasteiger partial charge in [-0.1, -0.05) is 0 Å². The molecule has 0 fully saturated rings. The number of urea groups is 1. The maximum absolute atomic E-state index is 11.7. The minimum atomic E-state index is -0.529. The van der Waals surface area contributed by atoms with Gasteiger partial charge >= 0.3 is 6.03 Å². The van der Waals surface area contributed by atoms with Gasteiger partial charge in [0, 0.05) is 20.0 Å². The second-order valence-electron chi connectivity index (χ2n) is 4.13. The van der Waals surface area contributed by atoms with Crippen LogP contribution < -0.4 is 20.5 Å². The van der Waals surface area contributed by atoms with Crippen LogP contribution in [0.15, 0.2) is 24.3 Å². The highest BCUT2D eigenvalue weighted by Crippen LogP contribution is 2.17. The zero-order chi connectivity index (χ0) is 15.7. The van der Waals surface area contributed by atoms with Gasteiger partial charge in [0.25, 0.3) is 0 Å². The predicted molar refractivity (Wildman–Crippen MR) is 78.1 cm³/mol. The number of carbonyl (C=O) groups is 2. The lowest BCUT2D eigenvalue weighted by atomic mass is 10.3. The number of hydrogen-bond acceptors (Lipinski definition) is 5. The topological polar surface area (TPSA) is 93.9 Å². The van der Waals surface area contributed by atoms with E-state index in [2.05, 4.69) is 5.32 Å². The molecule has 7 heteroatoms. The molecule has 0 saturated carbocycles. The van der Waals surface area contributed by atoms with Crippen LogP contribution in [0, 0.1) is 0 Å². The highest BCUT2D eigenvalue weighted by Gasteiger charge is 2.16. The van der Waals surface area contributed by atoms with E-state index in [4.69, 9.17) is 15.2 Å². The minimum absolute atomic E-state index is 0.0405. The van der Waals surface area contributed by atoms with E-state index in [0.29, 0.717) is 12.4 Å². The molecule has 3 N–H and O–H groups in total. The van der Waals surface area contributed by atoms with Gasteiger partial charge < -0.3 is 20.5 Å². The first kappa shape index (κ1) is 16.8. The van der Waals surface area contributed by atoms with Crippen LogP contribution in [-0.4, -0.2) is 43.3 Å². The molecule has 0 radical (unpaired) electrons. The zero-order valence-electron chi connectivity index (χ0n) is 12.3. The van der Waals surface area contributed by atoms with Crippen molar-refractivity contribution >= 4 is 11.9 Å². The van der Waals surface area contributed by atoms with E-state index in [1.54, 1.807) is 24.3 Å². The van der Waals surface area contributed by atoms with E-state index < -0.39 is 6.03 Å².